The maximum atomic E-state index is 12.9. The molecule has 6 heteroatoms. The predicted octanol–water partition coefficient (Wildman–Crippen LogP) is 2.80. The van der Waals surface area contributed by atoms with E-state index < -0.39 is 12.1 Å². The van der Waals surface area contributed by atoms with Gasteiger partial charge in [-0.3, -0.25) is 4.79 Å². The second-order valence-corrected chi connectivity index (χ2v) is 6.86. The van der Waals surface area contributed by atoms with Crippen LogP contribution in [0.5, 0.6) is 0 Å². The molecule has 1 heterocycles. The molecule has 2 aliphatic rings. The lowest BCUT2D eigenvalue weighted by Gasteiger charge is -2.41. The first-order valence-corrected chi connectivity index (χ1v) is 7.81. The molecule has 1 saturated carbocycles. The number of nitrogens with two attached hydrogens (primary N) is 1. The van der Waals surface area contributed by atoms with Gasteiger partial charge in [-0.2, -0.15) is 13.2 Å². The minimum absolute atomic E-state index is 0.0293. The van der Waals surface area contributed by atoms with Crippen molar-refractivity contribution in [1.82, 2.24) is 4.90 Å². The second kappa shape index (κ2) is 6.15. The Balaban J connectivity index is 2.02. The van der Waals surface area contributed by atoms with Gasteiger partial charge in [-0.15, -0.1) is 0 Å². The summed E-state index contributed by atoms with van der Waals surface area (Å²) in [6.07, 6.45) is -2.19. The number of alkyl halides is 3. The highest BCUT2D eigenvalue weighted by atomic mass is 19.4. The van der Waals surface area contributed by atoms with Crippen LogP contribution >= 0.6 is 0 Å². The molecule has 1 saturated heterocycles. The SMILES string of the molecule is CC1CC(C)C(C(=O)N2CCCC(C(F)(F)F)C2)CC1N. The van der Waals surface area contributed by atoms with Crippen LogP contribution in [0.3, 0.4) is 0 Å². The van der Waals surface area contributed by atoms with E-state index in [0.717, 1.165) is 6.42 Å². The van der Waals surface area contributed by atoms with Gasteiger partial charge in [0.15, 0.2) is 0 Å². The summed E-state index contributed by atoms with van der Waals surface area (Å²) in [5, 5.41) is 0. The van der Waals surface area contributed by atoms with Crippen molar-refractivity contribution in [2.45, 2.75) is 51.7 Å². The number of amides is 1. The highest BCUT2D eigenvalue weighted by Crippen LogP contribution is 2.37. The molecule has 2 N–H and O–H groups in total. The van der Waals surface area contributed by atoms with Crippen molar-refractivity contribution < 1.29 is 18.0 Å². The lowest BCUT2D eigenvalue weighted by molar-refractivity contribution is -0.189. The Labute approximate surface area is 124 Å². The van der Waals surface area contributed by atoms with Crippen molar-refractivity contribution in [2.75, 3.05) is 13.1 Å². The summed E-state index contributed by atoms with van der Waals surface area (Å²) in [7, 11) is 0. The number of likely N-dealkylation sites (tertiary alicyclic amines) is 1. The molecule has 0 aromatic rings. The van der Waals surface area contributed by atoms with Gasteiger partial charge in [0.25, 0.3) is 0 Å². The van der Waals surface area contributed by atoms with Crippen molar-refractivity contribution in [3.8, 4) is 0 Å². The number of piperidine rings is 1. The van der Waals surface area contributed by atoms with Crippen molar-refractivity contribution in [3.05, 3.63) is 0 Å². The fourth-order valence-corrected chi connectivity index (χ4v) is 3.71. The Morgan fingerprint density at radius 1 is 1.19 bits per heavy atom. The molecule has 1 aliphatic carbocycles. The summed E-state index contributed by atoms with van der Waals surface area (Å²) in [6.45, 7) is 4.34. The van der Waals surface area contributed by atoms with Crippen molar-refractivity contribution in [3.63, 3.8) is 0 Å². The Hall–Kier alpha value is -0.780. The van der Waals surface area contributed by atoms with E-state index in [0.29, 0.717) is 25.3 Å². The summed E-state index contributed by atoms with van der Waals surface area (Å²) in [5.41, 5.74) is 6.04. The largest absolute Gasteiger partial charge is 0.393 e. The maximum Gasteiger partial charge on any atom is 0.393 e. The molecule has 1 amide bonds. The average Bonchev–Trinajstić information content (AvgIpc) is 2.41. The normalized spacial score (nSPS) is 38.4. The molecule has 3 nitrogen and oxygen atoms in total. The van der Waals surface area contributed by atoms with Gasteiger partial charge in [-0.25, -0.2) is 0 Å². The molecule has 122 valence electrons. The summed E-state index contributed by atoms with van der Waals surface area (Å²) < 4.78 is 38.6. The molecule has 0 bridgehead atoms. The molecule has 0 spiro atoms. The molecular weight excluding hydrogens is 281 g/mol. The first-order valence-electron chi connectivity index (χ1n) is 7.81. The zero-order chi connectivity index (χ0) is 15.8. The summed E-state index contributed by atoms with van der Waals surface area (Å²) >= 11 is 0. The Morgan fingerprint density at radius 3 is 2.48 bits per heavy atom. The first kappa shape index (κ1) is 16.6. The Morgan fingerprint density at radius 2 is 1.86 bits per heavy atom. The quantitative estimate of drug-likeness (QED) is 0.810. The standard InChI is InChI=1S/C15H25F3N2O/c1-9-6-10(2)13(19)7-12(9)14(21)20-5-3-4-11(8-20)15(16,17)18/h9-13H,3-8,19H2,1-2H3. The van der Waals surface area contributed by atoms with E-state index in [9.17, 15) is 18.0 Å². The molecule has 5 unspecified atom stereocenters. The molecule has 2 rings (SSSR count). The van der Waals surface area contributed by atoms with E-state index in [2.05, 4.69) is 6.92 Å². The number of carbonyl (C=O) groups is 1. The first-order chi connectivity index (χ1) is 9.70. The van der Waals surface area contributed by atoms with Crippen LogP contribution in [0, 0.1) is 23.7 Å². The molecule has 5 atom stereocenters. The molecule has 0 aromatic carbocycles. The van der Waals surface area contributed by atoms with Gasteiger partial charge in [-0.1, -0.05) is 13.8 Å². The van der Waals surface area contributed by atoms with E-state index in [-0.39, 0.29) is 36.8 Å². The molecule has 0 radical (unpaired) electrons. The maximum absolute atomic E-state index is 12.9. The predicted molar refractivity (Wildman–Crippen MR) is 74.4 cm³/mol. The molecular formula is C15H25F3N2O. The van der Waals surface area contributed by atoms with Crippen molar-refractivity contribution in [2.24, 2.45) is 29.4 Å². The van der Waals surface area contributed by atoms with E-state index >= 15 is 0 Å². The Kier molecular flexibility index (Phi) is 4.85. The van der Waals surface area contributed by atoms with E-state index in [4.69, 9.17) is 5.73 Å². The Bertz CT molecular complexity index is 386. The lowest BCUT2D eigenvalue weighted by Crippen LogP contribution is -2.50. The zero-order valence-electron chi connectivity index (χ0n) is 12.7. The van der Waals surface area contributed by atoms with Crippen LogP contribution in [0.15, 0.2) is 0 Å². The van der Waals surface area contributed by atoms with Crippen LogP contribution in [0.4, 0.5) is 13.2 Å². The van der Waals surface area contributed by atoms with Crippen LogP contribution in [-0.2, 0) is 4.79 Å². The number of hydrogen-bond acceptors (Lipinski definition) is 2. The third kappa shape index (κ3) is 3.71. The summed E-state index contributed by atoms with van der Waals surface area (Å²) in [6, 6.07) is -0.0293. The van der Waals surface area contributed by atoms with E-state index in [1.165, 1.54) is 4.90 Å². The van der Waals surface area contributed by atoms with Gasteiger partial charge in [0, 0.05) is 25.0 Å². The van der Waals surface area contributed by atoms with Gasteiger partial charge in [0.05, 0.1) is 5.92 Å². The van der Waals surface area contributed by atoms with Gasteiger partial charge in [0.2, 0.25) is 5.91 Å². The molecule has 0 aromatic heterocycles. The molecule has 1 aliphatic heterocycles. The highest BCUT2D eigenvalue weighted by molar-refractivity contribution is 5.79. The van der Waals surface area contributed by atoms with Crippen LogP contribution in [0.2, 0.25) is 0 Å². The third-order valence-electron chi connectivity index (χ3n) is 5.20. The minimum atomic E-state index is -4.21. The fourth-order valence-electron chi connectivity index (χ4n) is 3.71. The van der Waals surface area contributed by atoms with Crippen LogP contribution in [-0.4, -0.2) is 36.1 Å². The number of rotatable bonds is 1. The number of carbonyl (C=O) groups excluding carboxylic acids is 1. The van der Waals surface area contributed by atoms with Gasteiger partial charge < -0.3 is 10.6 Å². The van der Waals surface area contributed by atoms with Gasteiger partial charge >= 0.3 is 6.18 Å². The number of hydrogen-bond donors (Lipinski definition) is 1. The van der Waals surface area contributed by atoms with Crippen LogP contribution in [0.25, 0.3) is 0 Å². The fraction of sp³-hybridized carbons (Fsp3) is 0.933. The monoisotopic (exact) mass is 306 g/mol. The lowest BCUT2D eigenvalue weighted by atomic mass is 9.72. The number of halogens is 3. The zero-order valence-corrected chi connectivity index (χ0v) is 12.7. The number of nitrogens with zero attached hydrogens (tertiary/aromatic N) is 1. The average molecular weight is 306 g/mol. The van der Waals surface area contributed by atoms with Crippen molar-refractivity contribution in [1.29, 1.82) is 0 Å². The smallest absolute Gasteiger partial charge is 0.342 e. The van der Waals surface area contributed by atoms with Gasteiger partial charge in [-0.05, 0) is 37.5 Å². The third-order valence-corrected chi connectivity index (χ3v) is 5.20. The van der Waals surface area contributed by atoms with E-state index in [1.807, 2.05) is 6.92 Å². The van der Waals surface area contributed by atoms with Crippen LogP contribution in [0.1, 0.15) is 39.5 Å². The molecule has 21 heavy (non-hydrogen) atoms. The summed E-state index contributed by atoms with van der Waals surface area (Å²) in [4.78, 5) is 14.0. The van der Waals surface area contributed by atoms with Crippen LogP contribution < -0.4 is 5.73 Å². The van der Waals surface area contributed by atoms with Crippen molar-refractivity contribution >= 4 is 5.91 Å². The van der Waals surface area contributed by atoms with Gasteiger partial charge in [0.1, 0.15) is 0 Å². The highest BCUT2D eigenvalue weighted by Gasteiger charge is 2.44. The second-order valence-electron chi connectivity index (χ2n) is 6.86. The van der Waals surface area contributed by atoms with E-state index in [1.54, 1.807) is 0 Å². The summed E-state index contributed by atoms with van der Waals surface area (Å²) in [5.74, 6) is -1.16. The minimum Gasteiger partial charge on any atom is -0.342 e. The topological polar surface area (TPSA) is 46.3 Å². The molecule has 2 fully saturated rings.